The van der Waals surface area contributed by atoms with Crippen molar-refractivity contribution < 1.29 is 14.4 Å². The first-order valence-electron chi connectivity index (χ1n) is 7.83. The molecule has 1 aromatic rings. The molecule has 0 saturated carbocycles. The summed E-state index contributed by atoms with van der Waals surface area (Å²) in [5, 5.41) is 5.91. The second-order valence-electron chi connectivity index (χ2n) is 6.71. The Morgan fingerprint density at radius 3 is 2.67 bits per heavy atom. The Bertz CT molecular complexity index is 690. The van der Waals surface area contributed by atoms with Gasteiger partial charge in [-0.3, -0.25) is 14.5 Å². The lowest BCUT2D eigenvalue weighted by Gasteiger charge is -2.23. The second kappa shape index (κ2) is 6.81. The Morgan fingerprint density at radius 2 is 2.04 bits per heavy atom. The molecular weight excluding hydrogens is 330 g/mol. The molecule has 0 radical (unpaired) electrons. The minimum absolute atomic E-state index is 0.238. The number of carbonyl (C=O) groups excluding carboxylic acids is 3. The van der Waals surface area contributed by atoms with E-state index in [0.717, 1.165) is 10.5 Å². The number of halogens is 1. The number of hydrogen-bond acceptors (Lipinski definition) is 3. The molecule has 2 N–H and O–H groups in total. The van der Waals surface area contributed by atoms with E-state index in [-0.39, 0.29) is 18.4 Å². The summed E-state index contributed by atoms with van der Waals surface area (Å²) in [5.74, 6) is -0.584. The van der Waals surface area contributed by atoms with Crippen LogP contribution in [-0.2, 0) is 9.59 Å². The van der Waals surface area contributed by atoms with Crippen LogP contribution in [0.1, 0.15) is 32.8 Å². The smallest absolute Gasteiger partial charge is 0.324 e. The Balaban J connectivity index is 2.08. The first kappa shape index (κ1) is 18.3. The summed E-state index contributed by atoms with van der Waals surface area (Å²) < 4.78 is 0. The molecule has 1 aliphatic rings. The number of hydrogen-bond donors (Lipinski definition) is 2. The zero-order chi connectivity index (χ0) is 18.1. The lowest BCUT2D eigenvalue weighted by Crippen LogP contribution is -2.45. The molecule has 0 bridgehead atoms. The van der Waals surface area contributed by atoms with Crippen molar-refractivity contribution in [2.24, 2.45) is 5.92 Å². The van der Waals surface area contributed by atoms with Crippen LogP contribution < -0.4 is 10.6 Å². The maximum Gasteiger partial charge on any atom is 0.325 e. The van der Waals surface area contributed by atoms with Crippen molar-refractivity contribution >= 4 is 35.1 Å². The highest BCUT2D eigenvalue weighted by Crippen LogP contribution is 2.26. The predicted molar refractivity (Wildman–Crippen MR) is 92.9 cm³/mol. The first-order valence-corrected chi connectivity index (χ1v) is 8.21. The van der Waals surface area contributed by atoms with E-state index in [1.807, 2.05) is 13.8 Å². The summed E-state index contributed by atoms with van der Waals surface area (Å²) >= 11 is 6.02. The zero-order valence-electron chi connectivity index (χ0n) is 14.3. The number of amides is 4. The van der Waals surface area contributed by atoms with E-state index in [4.69, 9.17) is 11.6 Å². The monoisotopic (exact) mass is 351 g/mol. The summed E-state index contributed by atoms with van der Waals surface area (Å²) in [4.78, 5) is 37.8. The molecule has 6 nitrogen and oxygen atoms in total. The molecule has 1 aromatic carbocycles. The van der Waals surface area contributed by atoms with Crippen molar-refractivity contribution in [2.75, 3.05) is 11.9 Å². The molecule has 4 amide bonds. The maximum atomic E-state index is 12.5. The van der Waals surface area contributed by atoms with Gasteiger partial charge >= 0.3 is 6.03 Å². The highest BCUT2D eigenvalue weighted by molar-refractivity contribution is 6.31. The van der Waals surface area contributed by atoms with E-state index in [9.17, 15) is 14.4 Å². The topological polar surface area (TPSA) is 78.5 Å². The van der Waals surface area contributed by atoms with Gasteiger partial charge in [-0.25, -0.2) is 4.79 Å². The average Bonchev–Trinajstić information content (AvgIpc) is 2.66. The van der Waals surface area contributed by atoms with Gasteiger partial charge in [-0.15, -0.1) is 0 Å². The standard InChI is InChI=1S/C17H22ClN3O3/c1-10(2)8-17(4)15(23)21(16(24)20-17)9-14(22)19-13-7-5-6-12(18)11(13)3/h5-7,10H,8-9H2,1-4H3,(H,19,22)(H,20,24)/t17-/m0/s1. The number of anilines is 1. The molecule has 0 spiro atoms. The molecule has 1 atom stereocenters. The van der Waals surface area contributed by atoms with Gasteiger partial charge in [0, 0.05) is 10.7 Å². The number of imide groups is 1. The zero-order valence-corrected chi connectivity index (χ0v) is 15.0. The summed E-state index contributed by atoms with van der Waals surface area (Å²) in [5.41, 5.74) is 0.330. The lowest BCUT2D eigenvalue weighted by molar-refractivity contribution is -0.133. The number of urea groups is 1. The molecule has 0 aromatic heterocycles. The molecule has 130 valence electrons. The van der Waals surface area contributed by atoms with Crippen LogP contribution >= 0.6 is 11.6 Å². The largest absolute Gasteiger partial charge is 0.325 e. The maximum absolute atomic E-state index is 12.5. The fourth-order valence-corrected chi connectivity index (χ4v) is 3.10. The molecule has 1 aliphatic heterocycles. The normalized spacial score (nSPS) is 20.5. The van der Waals surface area contributed by atoms with Crippen LogP contribution in [0.15, 0.2) is 18.2 Å². The van der Waals surface area contributed by atoms with Crippen molar-refractivity contribution in [3.05, 3.63) is 28.8 Å². The Kier molecular flexibility index (Phi) is 5.18. The molecule has 0 unspecified atom stereocenters. The van der Waals surface area contributed by atoms with Crippen LogP contribution in [0.25, 0.3) is 0 Å². The van der Waals surface area contributed by atoms with Crippen LogP contribution in [-0.4, -0.2) is 34.8 Å². The van der Waals surface area contributed by atoms with E-state index in [2.05, 4.69) is 10.6 Å². The van der Waals surface area contributed by atoms with Gasteiger partial charge in [-0.1, -0.05) is 31.5 Å². The highest BCUT2D eigenvalue weighted by atomic mass is 35.5. The van der Waals surface area contributed by atoms with Gasteiger partial charge in [0.15, 0.2) is 0 Å². The summed E-state index contributed by atoms with van der Waals surface area (Å²) in [6.07, 6.45) is 0.517. The number of benzene rings is 1. The fraction of sp³-hybridized carbons (Fsp3) is 0.471. The number of nitrogens with one attached hydrogen (secondary N) is 2. The SMILES string of the molecule is Cc1c(Cl)cccc1NC(=O)CN1C(=O)N[C@@](C)(CC(C)C)C1=O. The van der Waals surface area contributed by atoms with Crippen molar-refractivity contribution in [2.45, 2.75) is 39.7 Å². The van der Waals surface area contributed by atoms with Gasteiger partial charge in [0.25, 0.3) is 5.91 Å². The minimum atomic E-state index is -0.961. The highest BCUT2D eigenvalue weighted by Gasteiger charge is 2.48. The lowest BCUT2D eigenvalue weighted by atomic mass is 9.91. The molecule has 24 heavy (non-hydrogen) atoms. The Hall–Kier alpha value is -2.08. The third-order valence-electron chi connectivity index (χ3n) is 4.01. The van der Waals surface area contributed by atoms with Crippen LogP contribution in [0.2, 0.25) is 5.02 Å². The average molecular weight is 352 g/mol. The molecular formula is C17H22ClN3O3. The summed E-state index contributed by atoms with van der Waals surface area (Å²) in [6, 6.07) is 4.62. The molecule has 1 fully saturated rings. The van der Waals surface area contributed by atoms with Crippen LogP contribution in [0.5, 0.6) is 0 Å². The molecule has 1 heterocycles. The van der Waals surface area contributed by atoms with E-state index < -0.39 is 17.5 Å². The van der Waals surface area contributed by atoms with Gasteiger partial charge in [0.05, 0.1) is 0 Å². The number of carbonyl (C=O) groups is 3. The van der Waals surface area contributed by atoms with Crippen molar-refractivity contribution in [1.29, 1.82) is 0 Å². The minimum Gasteiger partial charge on any atom is -0.324 e. The van der Waals surface area contributed by atoms with Gasteiger partial charge < -0.3 is 10.6 Å². The summed E-state index contributed by atoms with van der Waals surface area (Å²) in [7, 11) is 0. The second-order valence-corrected chi connectivity index (χ2v) is 7.12. The van der Waals surface area contributed by atoms with E-state index in [1.54, 1.807) is 32.0 Å². The van der Waals surface area contributed by atoms with E-state index >= 15 is 0 Å². The third-order valence-corrected chi connectivity index (χ3v) is 4.41. The van der Waals surface area contributed by atoms with Crippen LogP contribution in [0.3, 0.4) is 0 Å². The Morgan fingerprint density at radius 1 is 1.38 bits per heavy atom. The fourth-order valence-electron chi connectivity index (χ4n) is 2.92. The Labute approximate surface area is 146 Å². The van der Waals surface area contributed by atoms with E-state index in [1.165, 1.54) is 0 Å². The van der Waals surface area contributed by atoms with Gasteiger partial charge in [0.2, 0.25) is 5.91 Å². The van der Waals surface area contributed by atoms with Gasteiger partial charge in [0.1, 0.15) is 12.1 Å². The molecule has 2 rings (SSSR count). The van der Waals surface area contributed by atoms with E-state index in [0.29, 0.717) is 17.1 Å². The van der Waals surface area contributed by atoms with Crippen LogP contribution in [0, 0.1) is 12.8 Å². The first-order chi connectivity index (χ1) is 11.1. The van der Waals surface area contributed by atoms with Crippen LogP contribution in [0.4, 0.5) is 10.5 Å². The predicted octanol–water partition coefficient (Wildman–Crippen LogP) is 2.94. The van der Waals surface area contributed by atoms with Crippen molar-refractivity contribution in [3.63, 3.8) is 0 Å². The van der Waals surface area contributed by atoms with Gasteiger partial charge in [-0.05, 0) is 43.9 Å². The third kappa shape index (κ3) is 3.70. The molecule has 1 saturated heterocycles. The quantitative estimate of drug-likeness (QED) is 0.800. The number of rotatable bonds is 5. The summed E-state index contributed by atoms with van der Waals surface area (Å²) in [6.45, 7) is 7.09. The van der Waals surface area contributed by atoms with Crippen molar-refractivity contribution in [1.82, 2.24) is 10.2 Å². The molecule has 0 aliphatic carbocycles. The van der Waals surface area contributed by atoms with Gasteiger partial charge in [-0.2, -0.15) is 0 Å². The molecule has 7 heteroatoms. The number of nitrogens with zero attached hydrogens (tertiary/aromatic N) is 1. The van der Waals surface area contributed by atoms with Crippen molar-refractivity contribution in [3.8, 4) is 0 Å².